The predicted octanol–water partition coefficient (Wildman–Crippen LogP) is 3.15. The van der Waals surface area contributed by atoms with Crippen molar-refractivity contribution in [3.63, 3.8) is 0 Å². The molecule has 1 aliphatic rings. The highest BCUT2D eigenvalue weighted by Gasteiger charge is 2.25. The lowest BCUT2D eigenvalue weighted by molar-refractivity contribution is 0.102. The lowest BCUT2D eigenvalue weighted by Crippen LogP contribution is -2.27. The minimum absolute atomic E-state index is 0.0676. The van der Waals surface area contributed by atoms with Crippen molar-refractivity contribution in [2.24, 2.45) is 0 Å². The smallest absolute Gasteiger partial charge is 0.259 e. The normalized spacial score (nSPS) is 16.2. The van der Waals surface area contributed by atoms with Crippen molar-refractivity contribution in [2.75, 3.05) is 28.6 Å². The molecule has 2 aromatic heterocycles. The van der Waals surface area contributed by atoms with Gasteiger partial charge in [-0.15, -0.1) is 10.2 Å². The van der Waals surface area contributed by atoms with E-state index >= 15 is 0 Å². The molecule has 1 fully saturated rings. The highest BCUT2D eigenvalue weighted by atomic mass is 32.1. The molecule has 2 N–H and O–H groups in total. The number of hydrogen-bond acceptors (Lipinski definition) is 7. The van der Waals surface area contributed by atoms with Gasteiger partial charge in [0.05, 0.1) is 11.3 Å². The molecule has 1 amide bonds. The number of halogens is 2. The molecule has 144 valence electrons. The fourth-order valence-corrected chi connectivity index (χ4v) is 3.49. The summed E-state index contributed by atoms with van der Waals surface area (Å²) >= 11 is 1.23. The van der Waals surface area contributed by atoms with Crippen LogP contribution in [0.4, 0.5) is 25.4 Å². The molecule has 0 bridgehead atoms. The molecule has 10 heteroatoms. The number of pyridine rings is 1. The van der Waals surface area contributed by atoms with E-state index in [2.05, 4.69) is 25.8 Å². The molecule has 1 saturated heterocycles. The van der Waals surface area contributed by atoms with Gasteiger partial charge in [0.1, 0.15) is 23.0 Å². The highest BCUT2D eigenvalue weighted by Crippen LogP contribution is 2.25. The van der Waals surface area contributed by atoms with E-state index in [1.165, 1.54) is 35.2 Å². The van der Waals surface area contributed by atoms with Gasteiger partial charge < -0.3 is 10.2 Å². The van der Waals surface area contributed by atoms with Crippen LogP contribution in [0.25, 0.3) is 0 Å². The number of aromatic nitrogens is 3. The summed E-state index contributed by atoms with van der Waals surface area (Å²) in [6.45, 7) is 1.23. The largest absolute Gasteiger partial charge is 0.367 e. The third-order valence-corrected chi connectivity index (χ3v) is 5.00. The van der Waals surface area contributed by atoms with Gasteiger partial charge in [-0.25, -0.2) is 13.8 Å². The lowest BCUT2D eigenvalue weighted by Gasteiger charge is -2.20. The van der Waals surface area contributed by atoms with Crippen LogP contribution in [0.1, 0.15) is 16.8 Å². The number of anilines is 3. The number of nitrogens with one attached hydrogen (secondary N) is 2. The number of nitrogens with zero attached hydrogens (tertiary/aromatic N) is 4. The van der Waals surface area contributed by atoms with Crippen LogP contribution in [0.15, 0.2) is 42.0 Å². The average molecular weight is 402 g/mol. The van der Waals surface area contributed by atoms with Gasteiger partial charge in [-0.2, -0.15) is 0 Å². The van der Waals surface area contributed by atoms with E-state index in [0.29, 0.717) is 35.3 Å². The summed E-state index contributed by atoms with van der Waals surface area (Å²) < 4.78 is 27.0. The Bertz CT molecular complexity index is 967. The first-order valence-corrected chi connectivity index (χ1v) is 9.46. The fourth-order valence-electron chi connectivity index (χ4n) is 3.05. The Morgan fingerprint density at radius 2 is 2.14 bits per heavy atom. The van der Waals surface area contributed by atoms with Crippen molar-refractivity contribution >= 4 is 33.9 Å². The summed E-state index contributed by atoms with van der Waals surface area (Å²) in [7, 11) is 0. The maximum Gasteiger partial charge on any atom is 0.259 e. The Balaban J connectivity index is 1.35. The lowest BCUT2D eigenvalue weighted by atomic mass is 10.2. The molecule has 1 aromatic carbocycles. The first kappa shape index (κ1) is 18.2. The van der Waals surface area contributed by atoms with E-state index < -0.39 is 11.6 Å². The van der Waals surface area contributed by atoms with E-state index in [0.717, 1.165) is 12.5 Å². The zero-order valence-electron chi connectivity index (χ0n) is 14.6. The standard InChI is InChI=1S/C18H16F2N6OS/c19-12-2-3-15(14(20)7-12)26-6-5-13(9-26)23-16-4-1-11(8-21-16)17(27)24-18-25-22-10-28-18/h1-4,7-8,10,13H,5-6,9H2,(H,21,23)(H,24,25,27). The van der Waals surface area contributed by atoms with Gasteiger partial charge in [0.25, 0.3) is 5.91 Å². The van der Waals surface area contributed by atoms with Crippen LogP contribution in [0.2, 0.25) is 0 Å². The molecule has 3 heterocycles. The topological polar surface area (TPSA) is 83.0 Å². The molecule has 4 rings (SSSR count). The van der Waals surface area contributed by atoms with Crippen LogP contribution in [0.5, 0.6) is 0 Å². The first-order chi connectivity index (χ1) is 13.6. The summed E-state index contributed by atoms with van der Waals surface area (Å²) in [5.41, 5.74) is 2.33. The van der Waals surface area contributed by atoms with Gasteiger partial charge in [0.2, 0.25) is 5.13 Å². The monoisotopic (exact) mass is 402 g/mol. The van der Waals surface area contributed by atoms with Gasteiger partial charge in [0, 0.05) is 31.4 Å². The zero-order valence-corrected chi connectivity index (χ0v) is 15.4. The third kappa shape index (κ3) is 4.06. The molecule has 1 aliphatic heterocycles. The second-order valence-electron chi connectivity index (χ2n) is 6.30. The first-order valence-electron chi connectivity index (χ1n) is 8.58. The minimum Gasteiger partial charge on any atom is -0.367 e. The summed E-state index contributed by atoms with van der Waals surface area (Å²) in [6.07, 6.45) is 2.27. The molecule has 0 radical (unpaired) electrons. The zero-order chi connectivity index (χ0) is 19.5. The van der Waals surface area contributed by atoms with Crippen LogP contribution >= 0.6 is 11.3 Å². The van der Waals surface area contributed by atoms with E-state index in [1.807, 2.05) is 4.90 Å². The minimum atomic E-state index is -0.588. The second-order valence-corrected chi connectivity index (χ2v) is 7.14. The Hall–Kier alpha value is -3.14. The third-order valence-electron chi connectivity index (χ3n) is 4.40. The molecule has 0 spiro atoms. The van der Waals surface area contributed by atoms with Crippen molar-refractivity contribution in [3.8, 4) is 0 Å². The van der Waals surface area contributed by atoms with Gasteiger partial charge in [-0.1, -0.05) is 11.3 Å². The number of benzene rings is 1. The summed E-state index contributed by atoms with van der Waals surface area (Å²) in [6, 6.07) is 7.05. The van der Waals surface area contributed by atoms with Crippen LogP contribution in [0, 0.1) is 11.6 Å². The molecule has 0 aliphatic carbocycles. The maximum atomic E-state index is 14.0. The van der Waals surface area contributed by atoms with E-state index in [9.17, 15) is 13.6 Å². The van der Waals surface area contributed by atoms with Gasteiger partial charge >= 0.3 is 0 Å². The van der Waals surface area contributed by atoms with Crippen molar-refractivity contribution in [1.29, 1.82) is 0 Å². The van der Waals surface area contributed by atoms with Gasteiger partial charge in [-0.3, -0.25) is 10.1 Å². The molecule has 3 aromatic rings. The van der Waals surface area contributed by atoms with Crippen LogP contribution < -0.4 is 15.5 Å². The maximum absolute atomic E-state index is 14.0. The summed E-state index contributed by atoms with van der Waals surface area (Å²) in [4.78, 5) is 18.3. The molecule has 0 saturated carbocycles. The second kappa shape index (κ2) is 7.85. The number of carbonyl (C=O) groups excluding carboxylic acids is 1. The van der Waals surface area contributed by atoms with Crippen LogP contribution in [-0.4, -0.2) is 40.2 Å². The highest BCUT2D eigenvalue weighted by molar-refractivity contribution is 7.13. The van der Waals surface area contributed by atoms with Crippen LogP contribution in [-0.2, 0) is 0 Å². The van der Waals surface area contributed by atoms with Crippen LogP contribution in [0.3, 0.4) is 0 Å². The van der Waals surface area contributed by atoms with Gasteiger partial charge in [0.15, 0.2) is 0 Å². The Labute approximate surface area is 163 Å². The van der Waals surface area contributed by atoms with E-state index in [1.54, 1.807) is 12.1 Å². The number of amides is 1. The van der Waals surface area contributed by atoms with Crippen molar-refractivity contribution < 1.29 is 13.6 Å². The average Bonchev–Trinajstić information content (AvgIpc) is 3.34. The van der Waals surface area contributed by atoms with Crippen molar-refractivity contribution in [1.82, 2.24) is 15.2 Å². The van der Waals surface area contributed by atoms with Crippen molar-refractivity contribution in [2.45, 2.75) is 12.5 Å². The Morgan fingerprint density at radius 3 is 2.86 bits per heavy atom. The number of rotatable bonds is 5. The van der Waals surface area contributed by atoms with Crippen molar-refractivity contribution in [3.05, 3.63) is 59.2 Å². The predicted molar refractivity (Wildman–Crippen MR) is 103 cm³/mol. The molecule has 7 nitrogen and oxygen atoms in total. The Morgan fingerprint density at radius 1 is 1.25 bits per heavy atom. The summed E-state index contributed by atoms with van der Waals surface area (Å²) in [5.74, 6) is -0.840. The van der Waals surface area contributed by atoms with E-state index in [4.69, 9.17) is 0 Å². The summed E-state index contributed by atoms with van der Waals surface area (Å²) in [5, 5.41) is 13.8. The van der Waals surface area contributed by atoms with E-state index in [-0.39, 0.29) is 11.9 Å². The number of hydrogen-bond donors (Lipinski definition) is 2. The molecule has 1 unspecified atom stereocenters. The molecule has 1 atom stereocenters. The Kier molecular flexibility index (Phi) is 5.11. The molecular weight excluding hydrogens is 386 g/mol. The quantitative estimate of drug-likeness (QED) is 0.682. The molecule has 28 heavy (non-hydrogen) atoms. The number of carbonyl (C=O) groups is 1. The molecular formula is C18H16F2N6OS. The SMILES string of the molecule is O=C(Nc1nncs1)c1ccc(NC2CCN(c3ccc(F)cc3F)C2)nc1. The fraction of sp³-hybridized carbons (Fsp3) is 0.222. The van der Waals surface area contributed by atoms with Gasteiger partial charge in [-0.05, 0) is 30.7 Å².